The van der Waals surface area contributed by atoms with E-state index in [0.29, 0.717) is 22.9 Å². The van der Waals surface area contributed by atoms with Crippen molar-refractivity contribution < 1.29 is 13.7 Å². The average molecular weight is 240 g/mol. The summed E-state index contributed by atoms with van der Waals surface area (Å²) in [6.45, 7) is 0.624. The molecule has 0 aromatic carbocycles. The van der Waals surface area contributed by atoms with Crippen LogP contribution in [0.3, 0.4) is 0 Å². The summed E-state index contributed by atoms with van der Waals surface area (Å²) in [5.41, 5.74) is 0.354. The number of ether oxygens (including phenoxy) is 1. The number of methoxy groups -OCH3 is 1. The van der Waals surface area contributed by atoms with Gasteiger partial charge in [-0.25, -0.2) is 18.4 Å². The van der Waals surface area contributed by atoms with Crippen molar-refractivity contribution >= 4 is 15.7 Å². The molecule has 86 valence electrons. The first kappa shape index (κ1) is 11.1. The molecule has 1 atom stereocenters. The molecule has 0 fully saturated rings. The van der Waals surface area contributed by atoms with Gasteiger partial charge in [0.25, 0.3) is 0 Å². The molecular formula is C10H12N2O3S. The van der Waals surface area contributed by atoms with Crippen LogP contribution in [0.2, 0.25) is 0 Å². The topological polar surface area (TPSA) is 68.6 Å². The second-order valence-electron chi connectivity index (χ2n) is 3.43. The van der Waals surface area contributed by atoms with Gasteiger partial charge in [0, 0.05) is 18.5 Å². The van der Waals surface area contributed by atoms with Crippen LogP contribution < -0.4 is 0 Å². The first-order valence-corrected chi connectivity index (χ1v) is 6.59. The summed E-state index contributed by atoms with van der Waals surface area (Å²) in [7, 11) is -1.01. The monoisotopic (exact) mass is 240 g/mol. The number of esters is 1. The van der Waals surface area contributed by atoms with E-state index in [1.165, 1.54) is 13.3 Å². The first-order chi connectivity index (χ1) is 7.65. The summed E-state index contributed by atoms with van der Waals surface area (Å²) in [6, 6.07) is 3.15. The van der Waals surface area contributed by atoms with Gasteiger partial charge >= 0.3 is 5.97 Å². The second-order valence-corrected chi connectivity index (χ2v) is 5.79. The summed E-state index contributed by atoms with van der Waals surface area (Å²) in [5, 5.41) is 0.456. The van der Waals surface area contributed by atoms with Gasteiger partial charge in [-0.2, -0.15) is 0 Å². The van der Waals surface area contributed by atoms with Gasteiger partial charge in [-0.05, 0) is 18.6 Å². The van der Waals surface area contributed by atoms with Crippen LogP contribution in [0.15, 0.2) is 27.7 Å². The van der Waals surface area contributed by atoms with E-state index in [0.717, 1.165) is 6.42 Å². The van der Waals surface area contributed by atoms with Crippen molar-refractivity contribution in [3.05, 3.63) is 23.9 Å². The second kappa shape index (κ2) is 4.21. The molecule has 1 aromatic rings. The quantitative estimate of drug-likeness (QED) is 0.726. The van der Waals surface area contributed by atoms with Crippen molar-refractivity contribution in [1.29, 1.82) is 0 Å². The van der Waals surface area contributed by atoms with Crippen LogP contribution in [-0.4, -0.2) is 34.6 Å². The van der Waals surface area contributed by atoms with E-state index in [9.17, 15) is 9.00 Å². The lowest BCUT2D eigenvalue weighted by Gasteiger charge is -2.03. The van der Waals surface area contributed by atoms with Crippen LogP contribution in [0.4, 0.5) is 0 Å². The Balaban J connectivity index is 2.33. The third-order valence-corrected chi connectivity index (χ3v) is 4.70. The zero-order chi connectivity index (χ0) is 11.6. The molecule has 0 amide bonds. The van der Waals surface area contributed by atoms with E-state index >= 15 is 0 Å². The zero-order valence-corrected chi connectivity index (χ0v) is 9.70. The lowest BCUT2D eigenvalue weighted by atomic mass is 10.3. The molecule has 0 bridgehead atoms. The third-order valence-electron chi connectivity index (χ3n) is 2.36. The number of rotatable bonds is 2. The van der Waals surface area contributed by atoms with Crippen LogP contribution in [0.5, 0.6) is 0 Å². The van der Waals surface area contributed by atoms with Crippen molar-refractivity contribution in [3.8, 4) is 0 Å². The predicted octanol–water partition coefficient (Wildman–Crippen LogP) is 1.10. The Morgan fingerprint density at radius 3 is 2.81 bits per heavy atom. The fourth-order valence-electron chi connectivity index (χ4n) is 1.52. The van der Waals surface area contributed by atoms with Gasteiger partial charge in [0.15, 0.2) is 0 Å². The average Bonchev–Trinajstić information content (AvgIpc) is 2.77. The molecule has 1 aliphatic heterocycles. The maximum atomic E-state index is 12.2. The zero-order valence-electron chi connectivity index (χ0n) is 8.88. The number of carbonyl (C=O) groups is 1. The molecule has 1 aromatic heterocycles. The van der Waals surface area contributed by atoms with Gasteiger partial charge in [0.1, 0.15) is 5.03 Å². The summed E-state index contributed by atoms with van der Waals surface area (Å²) < 4.78 is 20.8. The van der Waals surface area contributed by atoms with Crippen LogP contribution in [-0.2, 0) is 14.5 Å². The van der Waals surface area contributed by atoms with E-state index in [2.05, 4.69) is 14.1 Å². The van der Waals surface area contributed by atoms with Crippen molar-refractivity contribution in [2.45, 2.75) is 11.4 Å². The minimum atomic E-state index is -2.32. The number of hydrogen-bond acceptors (Lipinski definition) is 5. The van der Waals surface area contributed by atoms with Crippen molar-refractivity contribution in [2.75, 3.05) is 19.4 Å². The minimum absolute atomic E-state index is 0.354. The smallest absolute Gasteiger partial charge is 0.339 e. The highest BCUT2D eigenvalue weighted by Gasteiger charge is 2.19. The molecule has 5 nitrogen and oxygen atoms in total. The number of pyridine rings is 1. The Morgan fingerprint density at radius 2 is 2.31 bits per heavy atom. The maximum absolute atomic E-state index is 12.2. The fourth-order valence-corrected chi connectivity index (χ4v) is 3.43. The Morgan fingerprint density at radius 1 is 1.50 bits per heavy atom. The molecule has 0 saturated carbocycles. The molecule has 1 unspecified atom stereocenters. The molecular weight excluding hydrogens is 228 g/mol. The van der Waals surface area contributed by atoms with Crippen molar-refractivity contribution in [1.82, 2.24) is 4.98 Å². The van der Waals surface area contributed by atoms with Gasteiger partial charge < -0.3 is 4.74 Å². The lowest BCUT2D eigenvalue weighted by molar-refractivity contribution is 0.0600. The van der Waals surface area contributed by atoms with Crippen LogP contribution in [0.1, 0.15) is 16.8 Å². The molecule has 0 aliphatic carbocycles. The van der Waals surface area contributed by atoms with E-state index < -0.39 is 15.7 Å². The number of nitrogens with zero attached hydrogens (tertiary/aromatic N) is 2. The fraction of sp³-hybridized carbons (Fsp3) is 0.400. The molecule has 1 aliphatic rings. The molecule has 0 saturated heterocycles. The molecule has 0 N–H and O–H groups in total. The standard InChI is InChI=1S/C10H12N2O3S/c1-15-10(13)8-3-4-9(11-7-8)16(14)6-2-5-12-16/h3-4,7H,2,5-6H2,1H3. The molecule has 0 radical (unpaired) electrons. The Labute approximate surface area is 94.0 Å². The minimum Gasteiger partial charge on any atom is -0.465 e. The highest BCUT2D eigenvalue weighted by atomic mass is 32.2. The number of hydrogen-bond donors (Lipinski definition) is 0. The van der Waals surface area contributed by atoms with Crippen molar-refractivity contribution in [3.63, 3.8) is 0 Å². The summed E-state index contributed by atoms with van der Waals surface area (Å²) >= 11 is 0. The first-order valence-electron chi connectivity index (χ1n) is 4.91. The Hall–Kier alpha value is -1.43. The summed E-state index contributed by atoms with van der Waals surface area (Å²) in [5.74, 6) is 0.106. The molecule has 2 rings (SSSR count). The van der Waals surface area contributed by atoms with Gasteiger partial charge in [0.05, 0.1) is 22.4 Å². The van der Waals surface area contributed by atoms with Gasteiger partial charge in [0.2, 0.25) is 0 Å². The van der Waals surface area contributed by atoms with Crippen LogP contribution >= 0.6 is 0 Å². The molecule has 0 spiro atoms. The highest BCUT2D eigenvalue weighted by molar-refractivity contribution is 7.93. The SMILES string of the molecule is COC(=O)c1ccc(S2(=O)=NCCC2)nc1. The van der Waals surface area contributed by atoms with Gasteiger partial charge in [-0.1, -0.05) is 0 Å². The van der Waals surface area contributed by atoms with E-state index in [1.807, 2.05) is 0 Å². The number of carbonyl (C=O) groups excluding carboxylic acids is 1. The highest BCUT2D eigenvalue weighted by Crippen LogP contribution is 2.18. The maximum Gasteiger partial charge on any atom is 0.339 e. The van der Waals surface area contributed by atoms with Crippen LogP contribution in [0.25, 0.3) is 0 Å². The summed E-state index contributed by atoms with van der Waals surface area (Å²) in [4.78, 5) is 15.2. The number of aromatic nitrogens is 1. The molecule has 16 heavy (non-hydrogen) atoms. The Bertz CT molecular complexity index is 515. The van der Waals surface area contributed by atoms with E-state index in [4.69, 9.17) is 0 Å². The van der Waals surface area contributed by atoms with Crippen molar-refractivity contribution in [2.24, 2.45) is 4.36 Å². The van der Waals surface area contributed by atoms with E-state index in [-0.39, 0.29) is 0 Å². The lowest BCUT2D eigenvalue weighted by Crippen LogP contribution is -2.06. The largest absolute Gasteiger partial charge is 0.465 e. The predicted molar refractivity (Wildman–Crippen MR) is 58.8 cm³/mol. The van der Waals surface area contributed by atoms with Crippen LogP contribution in [0, 0.1) is 0 Å². The normalized spacial score (nSPS) is 23.8. The van der Waals surface area contributed by atoms with Gasteiger partial charge in [-0.15, -0.1) is 0 Å². The van der Waals surface area contributed by atoms with Gasteiger partial charge in [-0.3, -0.25) is 0 Å². The molecule has 6 heteroatoms. The Kier molecular flexibility index (Phi) is 2.91. The summed E-state index contributed by atoms with van der Waals surface area (Å²) in [6.07, 6.45) is 2.21. The third kappa shape index (κ3) is 1.92. The molecule has 2 heterocycles. The van der Waals surface area contributed by atoms with E-state index in [1.54, 1.807) is 12.1 Å².